The van der Waals surface area contributed by atoms with Gasteiger partial charge in [0.05, 0.1) is 19.3 Å². The van der Waals surface area contributed by atoms with Crippen LogP contribution < -0.4 is 0 Å². The Balaban J connectivity index is 2.00. The maximum absolute atomic E-state index is 12.2. The minimum atomic E-state index is 0.187. The molecule has 18 heavy (non-hydrogen) atoms. The molecule has 1 aliphatic rings. The summed E-state index contributed by atoms with van der Waals surface area (Å²) in [5.41, 5.74) is 0.793. The lowest BCUT2D eigenvalue weighted by molar-refractivity contribution is -0.0460. The third kappa shape index (κ3) is 3.52. The SMILES string of the molecule is CC1CN(CC(=O)c2ccc(I)cc2)C(C)CO1. The quantitative estimate of drug-likeness (QED) is 0.614. The van der Waals surface area contributed by atoms with Crippen molar-refractivity contribution < 1.29 is 9.53 Å². The molecule has 4 heteroatoms. The van der Waals surface area contributed by atoms with E-state index in [1.54, 1.807) is 0 Å². The first-order valence-electron chi connectivity index (χ1n) is 6.20. The molecule has 1 saturated heterocycles. The van der Waals surface area contributed by atoms with Crippen LogP contribution in [0.4, 0.5) is 0 Å². The van der Waals surface area contributed by atoms with E-state index in [1.165, 1.54) is 0 Å². The third-order valence-electron chi connectivity index (χ3n) is 3.25. The van der Waals surface area contributed by atoms with E-state index in [0.29, 0.717) is 19.2 Å². The van der Waals surface area contributed by atoms with Crippen molar-refractivity contribution in [3.63, 3.8) is 0 Å². The smallest absolute Gasteiger partial charge is 0.176 e. The number of carbonyl (C=O) groups excluding carboxylic acids is 1. The van der Waals surface area contributed by atoms with Crippen molar-refractivity contribution in [1.29, 1.82) is 0 Å². The van der Waals surface area contributed by atoms with E-state index in [0.717, 1.165) is 15.7 Å². The second-order valence-electron chi connectivity index (χ2n) is 4.85. The third-order valence-corrected chi connectivity index (χ3v) is 3.97. The normalized spacial score (nSPS) is 25.1. The highest BCUT2D eigenvalue weighted by Crippen LogP contribution is 2.13. The fourth-order valence-electron chi connectivity index (χ4n) is 2.10. The molecule has 0 radical (unpaired) electrons. The maximum Gasteiger partial charge on any atom is 0.176 e. The van der Waals surface area contributed by atoms with Crippen molar-refractivity contribution in [3.05, 3.63) is 33.4 Å². The highest BCUT2D eigenvalue weighted by Gasteiger charge is 2.25. The molecule has 3 nitrogen and oxygen atoms in total. The molecule has 0 spiro atoms. The van der Waals surface area contributed by atoms with E-state index in [2.05, 4.69) is 34.4 Å². The zero-order chi connectivity index (χ0) is 13.1. The summed E-state index contributed by atoms with van der Waals surface area (Å²) in [4.78, 5) is 14.4. The number of Topliss-reactive ketones (excluding diaryl/α,β-unsaturated/α-hetero) is 1. The molecule has 0 saturated carbocycles. The summed E-state index contributed by atoms with van der Waals surface area (Å²) >= 11 is 2.24. The van der Waals surface area contributed by atoms with Gasteiger partial charge in [0.25, 0.3) is 0 Å². The lowest BCUT2D eigenvalue weighted by atomic mass is 10.1. The molecule has 98 valence electrons. The van der Waals surface area contributed by atoms with Gasteiger partial charge in [-0.05, 0) is 48.6 Å². The zero-order valence-corrected chi connectivity index (χ0v) is 12.9. The van der Waals surface area contributed by atoms with Gasteiger partial charge in [0.15, 0.2) is 5.78 Å². The monoisotopic (exact) mass is 359 g/mol. The van der Waals surface area contributed by atoms with Gasteiger partial charge in [-0.2, -0.15) is 0 Å². The van der Waals surface area contributed by atoms with E-state index in [9.17, 15) is 4.79 Å². The molecule has 0 aromatic heterocycles. The Morgan fingerprint density at radius 1 is 1.39 bits per heavy atom. The van der Waals surface area contributed by atoms with Crippen LogP contribution in [0.3, 0.4) is 0 Å². The van der Waals surface area contributed by atoms with E-state index in [-0.39, 0.29) is 11.9 Å². The number of ketones is 1. The zero-order valence-electron chi connectivity index (χ0n) is 10.7. The average molecular weight is 359 g/mol. The summed E-state index contributed by atoms with van der Waals surface area (Å²) in [5.74, 6) is 0.187. The summed E-state index contributed by atoms with van der Waals surface area (Å²) in [6.07, 6.45) is 0.214. The fraction of sp³-hybridized carbons (Fsp3) is 0.500. The lowest BCUT2D eigenvalue weighted by Gasteiger charge is -2.36. The number of hydrogen-bond acceptors (Lipinski definition) is 3. The highest BCUT2D eigenvalue weighted by atomic mass is 127. The van der Waals surface area contributed by atoms with Crippen molar-refractivity contribution >= 4 is 28.4 Å². The largest absolute Gasteiger partial charge is 0.376 e. The summed E-state index contributed by atoms with van der Waals surface area (Å²) in [5, 5.41) is 0. The number of hydrogen-bond donors (Lipinski definition) is 0. The van der Waals surface area contributed by atoms with Crippen LogP contribution in [0.1, 0.15) is 24.2 Å². The number of nitrogens with zero attached hydrogens (tertiary/aromatic N) is 1. The molecular formula is C14H18INO2. The van der Waals surface area contributed by atoms with Crippen molar-refractivity contribution in [1.82, 2.24) is 4.90 Å². The van der Waals surface area contributed by atoms with Gasteiger partial charge in [-0.3, -0.25) is 9.69 Å². The Kier molecular flexibility index (Phi) is 4.75. The Morgan fingerprint density at radius 2 is 2.06 bits per heavy atom. The molecule has 1 aromatic carbocycles. The Bertz CT molecular complexity index is 418. The van der Waals surface area contributed by atoms with Crippen LogP contribution in [0.15, 0.2) is 24.3 Å². The number of morpholine rings is 1. The second kappa shape index (κ2) is 6.12. The van der Waals surface area contributed by atoms with E-state index in [1.807, 2.05) is 31.2 Å². The fourth-order valence-corrected chi connectivity index (χ4v) is 2.46. The van der Waals surface area contributed by atoms with Gasteiger partial charge < -0.3 is 4.74 Å². The standard InChI is InChI=1S/C14H18INO2/c1-10-9-18-11(2)7-16(10)8-14(17)12-3-5-13(15)6-4-12/h3-6,10-11H,7-9H2,1-2H3. The van der Waals surface area contributed by atoms with Crippen LogP contribution in [-0.4, -0.2) is 42.5 Å². The van der Waals surface area contributed by atoms with Gasteiger partial charge in [0.2, 0.25) is 0 Å². The second-order valence-corrected chi connectivity index (χ2v) is 6.10. The molecule has 1 heterocycles. The van der Waals surface area contributed by atoms with Crippen LogP contribution >= 0.6 is 22.6 Å². The average Bonchev–Trinajstić information content (AvgIpc) is 2.34. The number of benzene rings is 1. The Labute approximate surface area is 122 Å². The van der Waals surface area contributed by atoms with Crippen molar-refractivity contribution in [2.45, 2.75) is 26.0 Å². The highest BCUT2D eigenvalue weighted by molar-refractivity contribution is 14.1. The van der Waals surface area contributed by atoms with Gasteiger partial charge in [0.1, 0.15) is 0 Å². The summed E-state index contributed by atoms with van der Waals surface area (Å²) in [7, 11) is 0. The van der Waals surface area contributed by atoms with Crippen molar-refractivity contribution in [2.75, 3.05) is 19.7 Å². The van der Waals surface area contributed by atoms with Crippen LogP contribution in [0, 0.1) is 3.57 Å². The first kappa shape index (κ1) is 14.0. The first-order chi connectivity index (χ1) is 8.56. The molecule has 0 amide bonds. The van der Waals surface area contributed by atoms with Gasteiger partial charge in [-0.15, -0.1) is 0 Å². The van der Waals surface area contributed by atoms with E-state index >= 15 is 0 Å². The topological polar surface area (TPSA) is 29.5 Å². The minimum Gasteiger partial charge on any atom is -0.376 e. The maximum atomic E-state index is 12.2. The number of halogens is 1. The van der Waals surface area contributed by atoms with Crippen LogP contribution in [0.25, 0.3) is 0 Å². The molecule has 0 N–H and O–H groups in total. The molecule has 1 aliphatic heterocycles. The van der Waals surface area contributed by atoms with Crippen molar-refractivity contribution in [2.24, 2.45) is 0 Å². The van der Waals surface area contributed by atoms with Gasteiger partial charge in [-0.25, -0.2) is 0 Å². The lowest BCUT2D eigenvalue weighted by Crippen LogP contribution is -2.49. The molecule has 1 fully saturated rings. The molecule has 2 rings (SSSR count). The molecule has 2 unspecified atom stereocenters. The number of ether oxygens (including phenoxy) is 1. The first-order valence-corrected chi connectivity index (χ1v) is 7.28. The molecular weight excluding hydrogens is 341 g/mol. The van der Waals surface area contributed by atoms with E-state index in [4.69, 9.17) is 4.74 Å². The summed E-state index contributed by atoms with van der Waals surface area (Å²) in [6, 6.07) is 8.06. The number of rotatable bonds is 3. The van der Waals surface area contributed by atoms with Crippen LogP contribution in [0.5, 0.6) is 0 Å². The van der Waals surface area contributed by atoms with Crippen molar-refractivity contribution in [3.8, 4) is 0 Å². The van der Waals surface area contributed by atoms with Crippen LogP contribution in [0.2, 0.25) is 0 Å². The molecule has 1 aromatic rings. The summed E-state index contributed by atoms with van der Waals surface area (Å²) in [6.45, 7) is 6.18. The van der Waals surface area contributed by atoms with Gasteiger partial charge in [0, 0.05) is 21.7 Å². The van der Waals surface area contributed by atoms with Gasteiger partial charge in [-0.1, -0.05) is 12.1 Å². The summed E-state index contributed by atoms with van der Waals surface area (Å²) < 4.78 is 6.72. The number of carbonyl (C=O) groups is 1. The molecule has 2 atom stereocenters. The Morgan fingerprint density at radius 3 is 2.72 bits per heavy atom. The molecule has 0 aliphatic carbocycles. The van der Waals surface area contributed by atoms with Gasteiger partial charge >= 0.3 is 0 Å². The minimum absolute atomic E-state index is 0.187. The molecule has 0 bridgehead atoms. The predicted octanol–water partition coefficient (Wildman–Crippen LogP) is 2.58. The van der Waals surface area contributed by atoms with Crippen LogP contribution in [-0.2, 0) is 4.74 Å². The van der Waals surface area contributed by atoms with E-state index < -0.39 is 0 Å². The Hall–Kier alpha value is -0.460. The predicted molar refractivity (Wildman–Crippen MR) is 79.9 cm³/mol.